The van der Waals surface area contributed by atoms with Crippen molar-refractivity contribution in [1.29, 1.82) is 5.26 Å². The largest absolute Gasteiger partial charge is 0.457 e. The van der Waals surface area contributed by atoms with E-state index in [1.165, 1.54) is 18.1 Å². The fourth-order valence-electron chi connectivity index (χ4n) is 5.34. The van der Waals surface area contributed by atoms with Gasteiger partial charge in [0.05, 0.1) is 29.8 Å². The predicted molar refractivity (Wildman–Crippen MR) is 125 cm³/mol. The Kier molecular flexibility index (Phi) is 6.51. The van der Waals surface area contributed by atoms with Gasteiger partial charge in [0.25, 0.3) is 0 Å². The van der Waals surface area contributed by atoms with Crippen LogP contribution in [0.3, 0.4) is 0 Å². The van der Waals surface area contributed by atoms with E-state index in [0.29, 0.717) is 18.5 Å². The van der Waals surface area contributed by atoms with Crippen molar-refractivity contribution in [3.63, 3.8) is 0 Å². The van der Waals surface area contributed by atoms with Gasteiger partial charge in [0.15, 0.2) is 0 Å². The molecule has 0 amide bonds. The minimum absolute atomic E-state index is 0.0356. The molecule has 2 N–H and O–H groups in total. The summed E-state index contributed by atoms with van der Waals surface area (Å²) in [5.74, 6) is -1.38. The number of aromatic amines is 1. The predicted octanol–water partition coefficient (Wildman–Crippen LogP) is 3.40. The number of hydrogen-bond donors (Lipinski definition) is 2. The van der Waals surface area contributed by atoms with E-state index in [0.717, 1.165) is 18.5 Å². The summed E-state index contributed by atoms with van der Waals surface area (Å²) in [6.07, 6.45) is 3.83. The number of aromatic nitrogens is 1. The Balaban J connectivity index is 1.62. The lowest BCUT2D eigenvalue weighted by atomic mass is 9.65. The number of H-pyrrole nitrogens is 1. The number of nitrogens with zero attached hydrogens (tertiary/aromatic N) is 2. The molecule has 7 heteroatoms. The number of carbonyl (C=O) groups excluding carboxylic acids is 1. The molecule has 33 heavy (non-hydrogen) atoms. The van der Waals surface area contributed by atoms with E-state index in [1.54, 1.807) is 0 Å². The summed E-state index contributed by atoms with van der Waals surface area (Å²) in [5.41, 5.74) is 2.18. The highest BCUT2D eigenvalue weighted by atomic mass is 16.6. The van der Waals surface area contributed by atoms with Gasteiger partial charge in [0.1, 0.15) is 5.60 Å². The summed E-state index contributed by atoms with van der Waals surface area (Å²) >= 11 is 0. The van der Waals surface area contributed by atoms with Crippen molar-refractivity contribution in [2.45, 2.75) is 51.4 Å². The summed E-state index contributed by atoms with van der Waals surface area (Å²) < 4.78 is 11.2. The first-order chi connectivity index (χ1) is 15.7. The van der Waals surface area contributed by atoms with Gasteiger partial charge in [0, 0.05) is 49.4 Å². The van der Waals surface area contributed by atoms with E-state index >= 15 is 0 Å². The molecule has 1 fully saturated rings. The number of carbonyl (C=O) groups is 1. The first kappa shape index (κ1) is 23.3. The molecule has 2 aliphatic rings. The molecule has 1 aliphatic heterocycles. The van der Waals surface area contributed by atoms with E-state index in [-0.39, 0.29) is 11.8 Å². The van der Waals surface area contributed by atoms with E-state index in [9.17, 15) is 15.2 Å². The monoisotopic (exact) mass is 451 g/mol. The summed E-state index contributed by atoms with van der Waals surface area (Å²) in [5, 5.41) is 21.8. The quantitative estimate of drug-likeness (QED) is 0.676. The van der Waals surface area contributed by atoms with Gasteiger partial charge >= 0.3 is 5.97 Å². The highest BCUT2D eigenvalue weighted by Crippen LogP contribution is 2.44. The Morgan fingerprint density at radius 3 is 2.79 bits per heavy atom. The molecule has 2 unspecified atom stereocenters. The average Bonchev–Trinajstić information content (AvgIpc) is 3.18. The van der Waals surface area contributed by atoms with Crippen LogP contribution in [0.2, 0.25) is 0 Å². The third kappa shape index (κ3) is 4.78. The number of nitriles is 1. The Morgan fingerprint density at radius 1 is 1.33 bits per heavy atom. The van der Waals surface area contributed by atoms with Crippen LogP contribution in [-0.2, 0) is 20.7 Å². The molecule has 0 spiro atoms. The van der Waals surface area contributed by atoms with E-state index < -0.39 is 29.7 Å². The zero-order valence-electron chi connectivity index (χ0n) is 19.7. The lowest BCUT2D eigenvalue weighted by Crippen LogP contribution is -2.53. The Labute approximate surface area is 195 Å². The number of rotatable bonds is 5. The first-order valence-corrected chi connectivity index (χ1v) is 11.6. The Morgan fingerprint density at radius 2 is 2.09 bits per heavy atom. The van der Waals surface area contributed by atoms with Crippen LogP contribution in [0, 0.1) is 29.1 Å². The van der Waals surface area contributed by atoms with Crippen molar-refractivity contribution in [3.8, 4) is 6.07 Å². The van der Waals surface area contributed by atoms with Crippen molar-refractivity contribution < 1.29 is 19.4 Å². The van der Waals surface area contributed by atoms with Gasteiger partial charge in [0.2, 0.25) is 0 Å². The first-order valence-electron chi connectivity index (χ1n) is 11.6. The Bertz CT molecular complexity index is 1080. The number of benzene rings is 1. The summed E-state index contributed by atoms with van der Waals surface area (Å²) in [6, 6.07) is 10.5. The van der Waals surface area contributed by atoms with Crippen LogP contribution < -0.4 is 0 Å². The van der Waals surface area contributed by atoms with Gasteiger partial charge in [-0.3, -0.25) is 0 Å². The maximum absolute atomic E-state index is 13.2. The molecule has 4 rings (SSSR count). The van der Waals surface area contributed by atoms with Crippen molar-refractivity contribution in [2.24, 2.45) is 17.8 Å². The smallest absolute Gasteiger partial charge is 0.336 e. The van der Waals surface area contributed by atoms with Crippen molar-refractivity contribution in [1.82, 2.24) is 9.88 Å². The second kappa shape index (κ2) is 9.20. The number of hydrogen-bond acceptors (Lipinski definition) is 6. The number of nitrogens with one attached hydrogen (secondary N) is 1. The van der Waals surface area contributed by atoms with E-state index in [1.807, 2.05) is 45.3 Å². The molecule has 0 bridgehead atoms. The molecule has 1 aliphatic carbocycles. The number of aliphatic hydroxyl groups excluding tert-OH is 1. The summed E-state index contributed by atoms with van der Waals surface area (Å²) in [4.78, 5) is 18.7. The van der Waals surface area contributed by atoms with Crippen LogP contribution in [0.4, 0.5) is 0 Å². The van der Waals surface area contributed by atoms with Crippen LogP contribution in [0.25, 0.3) is 10.9 Å². The Hall–Kier alpha value is -2.82. The molecule has 1 saturated carbocycles. The van der Waals surface area contributed by atoms with Gasteiger partial charge in [-0.1, -0.05) is 18.2 Å². The lowest BCUT2D eigenvalue weighted by molar-refractivity contribution is -0.153. The number of fused-ring (bicyclic) bond motifs is 2. The number of para-hydroxylation sites is 1. The highest BCUT2D eigenvalue weighted by molar-refractivity contribution is 5.89. The maximum Gasteiger partial charge on any atom is 0.336 e. The van der Waals surface area contributed by atoms with Crippen molar-refractivity contribution in [2.75, 3.05) is 20.2 Å². The second-order valence-electron chi connectivity index (χ2n) is 10.1. The van der Waals surface area contributed by atoms with Crippen LogP contribution in [0.15, 0.2) is 42.2 Å². The zero-order valence-corrected chi connectivity index (χ0v) is 19.7. The third-order valence-corrected chi connectivity index (χ3v) is 6.72. The minimum atomic E-state index is -0.741. The normalized spacial score (nSPS) is 27.6. The molecule has 176 valence electrons. The number of methoxy groups -OCH3 is 1. The molecule has 5 atom stereocenters. The van der Waals surface area contributed by atoms with Gasteiger partial charge in [-0.05, 0) is 51.2 Å². The van der Waals surface area contributed by atoms with E-state index in [4.69, 9.17) is 9.47 Å². The number of esters is 1. The molecule has 0 radical (unpaired) electrons. The van der Waals surface area contributed by atoms with Crippen LogP contribution in [-0.4, -0.2) is 59.0 Å². The minimum Gasteiger partial charge on any atom is -0.457 e. The average molecular weight is 452 g/mol. The third-order valence-electron chi connectivity index (χ3n) is 6.72. The topological polar surface area (TPSA) is 98.6 Å². The van der Waals surface area contributed by atoms with Crippen LogP contribution >= 0.6 is 0 Å². The molecule has 2 aromatic rings. The lowest BCUT2D eigenvalue weighted by Gasteiger charge is -2.47. The fraction of sp³-hybridized carbons (Fsp3) is 0.538. The molecule has 1 aromatic carbocycles. The number of aliphatic hydroxyl groups is 1. The fourth-order valence-corrected chi connectivity index (χ4v) is 5.34. The van der Waals surface area contributed by atoms with Crippen LogP contribution in [0.5, 0.6) is 0 Å². The maximum atomic E-state index is 13.2. The molecule has 0 saturated heterocycles. The second-order valence-corrected chi connectivity index (χ2v) is 10.1. The summed E-state index contributed by atoms with van der Waals surface area (Å²) in [6.45, 7) is 6.91. The summed E-state index contributed by atoms with van der Waals surface area (Å²) in [7, 11) is 1.51. The van der Waals surface area contributed by atoms with Gasteiger partial charge < -0.3 is 24.5 Å². The van der Waals surface area contributed by atoms with Gasteiger partial charge in [-0.15, -0.1) is 0 Å². The molecular weight excluding hydrogens is 418 g/mol. The molecule has 1 aromatic heterocycles. The molecule has 7 nitrogen and oxygen atoms in total. The van der Waals surface area contributed by atoms with Gasteiger partial charge in [-0.2, -0.15) is 5.26 Å². The zero-order chi connectivity index (χ0) is 23.8. The molecule has 2 heterocycles. The van der Waals surface area contributed by atoms with Crippen LogP contribution in [0.1, 0.15) is 32.8 Å². The SMILES string of the molecule is CO[C@H]1[C@H](O)CC2CN(CCc3c[nH]c4ccccc34)C=C(C(=O)OC(C)(C)C)C2[C@@H]1C#N. The van der Waals surface area contributed by atoms with Gasteiger partial charge in [-0.25, -0.2) is 4.79 Å². The number of ether oxygens (including phenoxy) is 2. The van der Waals surface area contributed by atoms with Crippen molar-refractivity contribution in [3.05, 3.63) is 47.8 Å². The molecular formula is C26H33N3O4. The van der Waals surface area contributed by atoms with Crippen molar-refractivity contribution >= 4 is 16.9 Å². The highest BCUT2D eigenvalue weighted by Gasteiger charge is 2.50. The standard InChI is InChI=1S/C26H33N3O4/c1-26(2,3)33-25(31)20-15-29(10-9-16-13-28-21-8-6-5-7-18(16)21)14-17-11-22(30)24(32-4)19(12-27)23(17)20/h5-8,13,15,17,19,22-24,28,30H,9-11,14H2,1-4H3/t17?,19-,22+,23?,24+/m0/s1. The van der Waals surface area contributed by atoms with E-state index in [2.05, 4.69) is 28.1 Å².